The Morgan fingerprint density at radius 1 is 1.25 bits per heavy atom. The smallest absolute Gasteiger partial charge is 0.225 e. The summed E-state index contributed by atoms with van der Waals surface area (Å²) >= 11 is 3.88. The zero-order chi connectivity index (χ0) is 22.5. The Balaban J connectivity index is 1.36. The molecule has 2 saturated heterocycles. The fourth-order valence-electron chi connectivity index (χ4n) is 7.06. The van der Waals surface area contributed by atoms with Crippen LogP contribution in [0, 0.1) is 23.2 Å². The summed E-state index contributed by atoms with van der Waals surface area (Å²) in [6.07, 6.45) is 5.01. The van der Waals surface area contributed by atoms with Gasteiger partial charge in [-0.05, 0) is 62.4 Å². The van der Waals surface area contributed by atoms with Crippen LogP contribution in [-0.2, 0) is 11.2 Å². The van der Waals surface area contributed by atoms with Crippen molar-refractivity contribution in [2.75, 3.05) is 37.7 Å². The molecule has 1 aromatic heterocycles. The largest absolute Gasteiger partial charge is 0.392 e. The molecule has 2 aliphatic heterocycles. The van der Waals surface area contributed by atoms with Crippen LogP contribution >= 0.6 is 23.1 Å². The number of aliphatic hydroxyl groups is 1. The van der Waals surface area contributed by atoms with Crippen molar-refractivity contribution in [1.82, 2.24) is 15.2 Å². The molecular formula is C25H39N3O2S2. The maximum Gasteiger partial charge on any atom is 0.225 e. The van der Waals surface area contributed by atoms with Gasteiger partial charge in [0.1, 0.15) is 0 Å². The van der Waals surface area contributed by atoms with E-state index in [4.69, 9.17) is 4.98 Å². The fourth-order valence-corrected chi connectivity index (χ4v) is 9.50. The highest BCUT2D eigenvalue weighted by Gasteiger charge is 2.54. The molecule has 4 aliphatic rings. The number of hydrogen-bond donors (Lipinski definition) is 2. The summed E-state index contributed by atoms with van der Waals surface area (Å²) in [4.78, 5) is 21.9. The molecule has 7 heteroatoms. The number of thioether (sulfide) groups is 1. The number of fused-ring (bicyclic) bond motifs is 2. The van der Waals surface area contributed by atoms with Crippen LogP contribution < -0.4 is 5.32 Å². The zero-order valence-corrected chi connectivity index (χ0v) is 21.4. The minimum absolute atomic E-state index is 0.0571. The van der Waals surface area contributed by atoms with Gasteiger partial charge in [-0.1, -0.05) is 20.8 Å². The van der Waals surface area contributed by atoms with E-state index in [0.717, 1.165) is 56.9 Å². The second-order valence-electron chi connectivity index (χ2n) is 10.9. The number of hydrogen-bond acceptors (Lipinski definition) is 6. The topological polar surface area (TPSA) is 65.5 Å². The summed E-state index contributed by atoms with van der Waals surface area (Å²) in [5, 5.41) is 16.5. The van der Waals surface area contributed by atoms with Gasteiger partial charge in [-0.2, -0.15) is 11.8 Å². The van der Waals surface area contributed by atoms with Crippen LogP contribution in [0.3, 0.4) is 0 Å². The minimum atomic E-state index is -0.431. The molecule has 2 N–H and O–H groups in total. The van der Waals surface area contributed by atoms with Crippen LogP contribution in [0.4, 0.5) is 0 Å². The first-order chi connectivity index (χ1) is 15.4. The van der Waals surface area contributed by atoms with Gasteiger partial charge in [0.25, 0.3) is 0 Å². The zero-order valence-electron chi connectivity index (χ0n) is 19.8. The Bertz CT molecular complexity index is 833. The number of amides is 1. The van der Waals surface area contributed by atoms with Crippen molar-refractivity contribution in [3.63, 3.8) is 0 Å². The summed E-state index contributed by atoms with van der Waals surface area (Å²) in [5.74, 6) is 3.31. The molecule has 6 atom stereocenters. The van der Waals surface area contributed by atoms with Crippen LogP contribution in [0.1, 0.15) is 73.9 Å². The average molecular weight is 478 g/mol. The van der Waals surface area contributed by atoms with E-state index in [1.807, 2.05) is 28.0 Å². The third kappa shape index (κ3) is 4.05. The number of thiazole rings is 1. The Labute approximate surface area is 201 Å². The summed E-state index contributed by atoms with van der Waals surface area (Å²) in [7, 11) is 0. The van der Waals surface area contributed by atoms with Gasteiger partial charge in [-0.15, -0.1) is 11.3 Å². The lowest BCUT2D eigenvalue weighted by molar-refractivity contribution is -0.144. The fraction of sp³-hybridized carbons (Fsp3) is 0.840. The first kappa shape index (κ1) is 23.1. The predicted octanol–water partition coefficient (Wildman–Crippen LogP) is 3.87. The van der Waals surface area contributed by atoms with E-state index in [9.17, 15) is 9.90 Å². The second kappa shape index (κ2) is 9.20. The summed E-state index contributed by atoms with van der Waals surface area (Å²) in [6.45, 7) is 10.6. The van der Waals surface area contributed by atoms with Crippen molar-refractivity contribution in [3.05, 3.63) is 15.6 Å². The first-order valence-corrected chi connectivity index (χ1v) is 14.6. The van der Waals surface area contributed by atoms with Crippen molar-refractivity contribution in [3.8, 4) is 0 Å². The molecule has 3 fully saturated rings. The van der Waals surface area contributed by atoms with E-state index in [1.165, 1.54) is 28.4 Å². The Hall–Kier alpha value is -0.630. The molecule has 5 nitrogen and oxygen atoms in total. The molecule has 1 unspecified atom stereocenters. The molecule has 1 saturated carbocycles. The third-order valence-corrected chi connectivity index (χ3v) is 11.2. The molecule has 0 bridgehead atoms. The van der Waals surface area contributed by atoms with Crippen LogP contribution in [0.15, 0.2) is 0 Å². The van der Waals surface area contributed by atoms with Crippen molar-refractivity contribution in [2.24, 2.45) is 23.2 Å². The number of aromatic nitrogens is 1. The summed E-state index contributed by atoms with van der Waals surface area (Å²) in [6, 6.07) is 0. The highest BCUT2D eigenvalue weighted by molar-refractivity contribution is 7.99. The number of nitrogens with one attached hydrogen (secondary N) is 1. The third-order valence-electron chi connectivity index (χ3n) is 8.98. The Kier molecular flexibility index (Phi) is 6.65. The molecule has 5 rings (SSSR count). The number of carbonyl (C=O) groups is 1. The molecule has 0 spiro atoms. The van der Waals surface area contributed by atoms with Gasteiger partial charge in [-0.25, -0.2) is 4.98 Å². The van der Waals surface area contributed by atoms with E-state index >= 15 is 0 Å². The molecule has 0 aromatic carbocycles. The van der Waals surface area contributed by atoms with Crippen LogP contribution in [0.25, 0.3) is 0 Å². The number of carbonyl (C=O) groups excluding carboxylic acids is 1. The highest BCUT2D eigenvalue weighted by Crippen LogP contribution is 2.57. The maximum atomic E-state index is 13.2. The highest BCUT2D eigenvalue weighted by atomic mass is 32.2. The van der Waals surface area contributed by atoms with Gasteiger partial charge >= 0.3 is 0 Å². The number of rotatable bonds is 3. The molecule has 2 aliphatic carbocycles. The lowest BCUT2D eigenvalue weighted by Gasteiger charge is -2.53. The number of piperidine rings is 1. The van der Waals surface area contributed by atoms with Crippen LogP contribution in [0.2, 0.25) is 0 Å². The molecule has 32 heavy (non-hydrogen) atoms. The van der Waals surface area contributed by atoms with E-state index in [0.29, 0.717) is 5.92 Å². The van der Waals surface area contributed by atoms with Gasteiger partial charge in [-0.3, -0.25) is 4.79 Å². The minimum Gasteiger partial charge on any atom is -0.392 e. The lowest BCUT2D eigenvalue weighted by Crippen LogP contribution is -2.54. The number of aliphatic hydroxyl groups excluding tert-OH is 1. The normalized spacial score (nSPS) is 36.9. The van der Waals surface area contributed by atoms with Gasteiger partial charge in [0.2, 0.25) is 5.91 Å². The first-order valence-electron chi connectivity index (χ1n) is 12.6. The van der Waals surface area contributed by atoms with Crippen LogP contribution in [0.5, 0.6) is 0 Å². The van der Waals surface area contributed by atoms with Crippen molar-refractivity contribution < 1.29 is 9.90 Å². The van der Waals surface area contributed by atoms with Gasteiger partial charge < -0.3 is 15.3 Å². The van der Waals surface area contributed by atoms with Crippen molar-refractivity contribution >= 4 is 29.0 Å². The summed E-state index contributed by atoms with van der Waals surface area (Å²) in [5.41, 5.74) is 1.35. The van der Waals surface area contributed by atoms with Crippen LogP contribution in [-0.4, -0.2) is 64.7 Å². The SMILES string of the molecule is C[C@H](C(=O)N1CCSCC1)C1CC[C@@]2(C)Cc3sc(C4CCNCC4)nc3[C@@H](C)[C@@H]2[C@H]1O. The number of nitrogens with zero attached hydrogens (tertiary/aromatic N) is 2. The quantitative estimate of drug-likeness (QED) is 0.692. The molecule has 0 radical (unpaired) electrons. The molecular weight excluding hydrogens is 438 g/mol. The lowest BCUT2D eigenvalue weighted by atomic mass is 9.53. The van der Waals surface area contributed by atoms with Gasteiger partial charge in [0.15, 0.2) is 0 Å². The standard InChI is InChI=1S/C25H39N3O2S2/c1-15(24(30)28-10-12-31-13-11-28)18-4-7-25(3)14-19-21(16(2)20(25)22(18)29)27-23(32-19)17-5-8-26-9-6-17/h15-18,20,22,26,29H,4-14H2,1-3H3/t15-,16-,18?,20+,22-,25-/m0/s1. The van der Waals surface area contributed by atoms with E-state index in [-0.39, 0.29) is 35.0 Å². The predicted molar refractivity (Wildman–Crippen MR) is 132 cm³/mol. The molecule has 1 aromatic rings. The Morgan fingerprint density at radius 2 is 1.97 bits per heavy atom. The van der Waals surface area contributed by atoms with Crippen molar-refractivity contribution in [2.45, 2.75) is 70.8 Å². The molecule has 3 heterocycles. The second-order valence-corrected chi connectivity index (χ2v) is 13.3. The van der Waals surface area contributed by atoms with E-state index < -0.39 is 6.10 Å². The molecule has 178 valence electrons. The summed E-state index contributed by atoms with van der Waals surface area (Å²) < 4.78 is 0. The average Bonchev–Trinajstić information content (AvgIpc) is 3.23. The van der Waals surface area contributed by atoms with E-state index in [2.05, 4.69) is 26.1 Å². The van der Waals surface area contributed by atoms with Crippen molar-refractivity contribution in [1.29, 1.82) is 0 Å². The molecule has 1 amide bonds. The monoisotopic (exact) mass is 477 g/mol. The Morgan fingerprint density at radius 3 is 2.69 bits per heavy atom. The maximum absolute atomic E-state index is 13.2. The van der Waals surface area contributed by atoms with Gasteiger partial charge in [0.05, 0.1) is 16.8 Å². The van der Waals surface area contributed by atoms with E-state index in [1.54, 1.807) is 0 Å². The van der Waals surface area contributed by atoms with Gasteiger partial charge in [0, 0.05) is 47.2 Å².